The van der Waals surface area contributed by atoms with Crippen molar-refractivity contribution in [2.75, 3.05) is 13.1 Å². The highest BCUT2D eigenvalue weighted by Gasteiger charge is 2.62. The fourth-order valence-corrected chi connectivity index (χ4v) is 3.81. The minimum Gasteiger partial charge on any atom is -0.341 e. The number of halogens is 3. The maximum absolute atomic E-state index is 13.5. The minimum absolute atomic E-state index is 0.0794. The number of alkyl halides is 3. The lowest BCUT2D eigenvalue weighted by Crippen LogP contribution is -2.50. The molecule has 1 amide bonds. The Labute approximate surface area is 135 Å². The van der Waals surface area contributed by atoms with Crippen LogP contribution in [-0.2, 0) is 4.79 Å². The summed E-state index contributed by atoms with van der Waals surface area (Å²) in [7, 11) is 0. The van der Waals surface area contributed by atoms with E-state index in [1.807, 2.05) is 4.98 Å². The Morgan fingerprint density at radius 3 is 2.46 bits per heavy atom. The quantitative estimate of drug-likeness (QED) is 0.852. The molecule has 132 valence electrons. The van der Waals surface area contributed by atoms with Crippen molar-refractivity contribution in [1.82, 2.24) is 14.9 Å². The van der Waals surface area contributed by atoms with Gasteiger partial charge in [-0.25, -0.2) is 4.79 Å². The Kier molecular flexibility index (Phi) is 4.05. The lowest BCUT2D eigenvalue weighted by atomic mass is 9.83. The van der Waals surface area contributed by atoms with Gasteiger partial charge in [0.05, 0.1) is 0 Å². The number of likely N-dealkylation sites (tertiary alicyclic amines) is 1. The van der Waals surface area contributed by atoms with E-state index in [0.717, 1.165) is 0 Å². The molecule has 6 nitrogen and oxygen atoms in total. The van der Waals surface area contributed by atoms with Crippen molar-refractivity contribution in [3.05, 3.63) is 32.6 Å². The maximum atomic E-state index is 13.5. The number of amides is 1. The Morgan fingerprint density at radius 2 is 1.88 bits per heavy atom. The van der Waals surface area contributed by atoms with E-state index < -0.39 is 28.7 Å². The topological polar surface area (TPSA) is 86.0 Å². The molecule has 1 unspecified atom stereocenters. The maximum Gasteiger partial charge on any atom is 0.403 e. The number of aromatic nitrogens is 2. The minimum atomic E-state index is -4.56. The van der Waals surface area contributed by atoms with Gasteiger partial charge < -0.3 is 9.88 Å². The molecule has 3 rings (SSSR count). The Balaban J connectivity index is 1.81. The SMILES string of the molecule is O=C(N1CCC(c2cc(=O)[nH]c(=O)[nH]2)C1)C1(C(F)(F)F)CCCC1. The fraction of sp³-hybridized carbons (Fsp3) is 0.667. The van der Waals surface area contributed by atoms with Gasteiger partial charge in [0, 0.05) is 30.8 Å². The summed E-state index contributed by atoms with van der Waals surface area (Å²) in [4.78, 5) is 41.1. The monoisotopic (exact) mass is 345 g/mol. The van der Waals surface area contributed by atoms with Crippen LogP contribution in [0.15, 0.2) is 15.7 Å². The molecule has 2 aliphatic rings. The third-order valence-electron chi connectivity index (χ3n) is 5.11. The van der Waals surface area contributed by atoms with Gasteiger partial charge in [-0.3, -0.25) is 14.6 Å². The van der Waals surface area contributed by atoms with Crippen LogP contribution in [0.2, 0.25) is 0 Å². The standard InChI is InChI=1S/C15H18F3N3O3/c16-15(17,18)14(4-1-2-5-14)12(23)21-6-3-9(8-21)10-7-11(22)20-13(24)19-10/h7,9H,1-6,8H2,(H2,19,20,22,24). The van der Waals surface area contributed by atoms with Crippen LogP contribution < -0.4 is 11.2 Å². The highest BCUT2D eigenvalue weighted by atomic mass is 19.4. The van der Waals surface area contributed by atoms with Crippen LogP contribution in [0.25, 0.3) is 0 Å². The molecule has 1 aromatic heterocycles. The number of carbonyl (C=O) groups is 1. The molecule has 1 atom stereocenters. The van der Waals surface area contributed by atoms with Gasteiger partial charge >= 0.3 is 11.9 Å². The van der Waals surface area contributed by atoms with Gasteiger partial charge in [-0.15, -0.1) is 0 Å². The molecular formula is C15H18F3N3O3. The molecular weight excluding hydrogens is 327 g/mol. The number of nitrogens with zero attached hydrogens (tertiary/aromatic N) is 1. The number of nitrogens with one attached hydrogen (secondary N) is 2. The second-order valence-electron chi connectivity index (χ2n) is 6.57. The third-order valence-corrected chi connectivity index (χ3v) is 5.11. The summed E-state index contributed by atoms with van der Waals surface area (Å²) in [6, 6.07) is 1.22. The molecule has 1 saturated heterocycles. The van der Waals surface area contributed by atoms with E-state index in [2.05, 4.69) is 4.98 Å². The number of aromatic amines is 2. The third kappa shape index (κ3) is 2.76. The first-order valence-corrected chi connectivity index (χ1v) is 7.93. The second-order valence-corrected chi connectivity index (χ2v) is 6.57. The second kappa shape index (κ2) is 5.78. The molecule has 0 aromatic carbocycles. The van der Waals surface area contributed by atoms with Crippen LogP contribution in [0.5, 0.6) is 0 Å². The van der Waals surface area contributed by atoms with Gasteiger partial charge in [0.1, 0.15) is 5.41 Å². The van der Waals surface area contributed by atoms with Crippen molar-refractivity contribution in [3.63, 3.8) is 0 Å². The summed E-state index contributed by atoms with van der Waals surface area (Å²) >= 11 is 0. The summed E-state index contributed by atoms with van der Waals surface area (Å²) in [6.45, 7) is 0.270. The molecule has 24 heavy (non-hydrogen) atoms. The van der Waals surface area contributed by atoms with Crippen molar-refractivity contribution in [1.29, 1.82) is 0 Å². The summed E-state index contributed by atoms with van der Waals surface area (Å²) in [5, 5.41) is 0. The van der Waals surface area contributed by atoms with Crippen molar-refractivity contribution >= 4 is 5.91 Å². The predicted molar refractivity (Wildman–Crippen MR) is 78.6 cm³/mol. The van der Waals surface area contributed by atoms with Gasteiger partial charge in [-0.05, 0) is 19.3 Å². The lowest BCUT2D eigenvalue weighted by Gasteiger charge is -2.34. The molecule has 9 heteroatoms. The van der Waals surface area contributed by atoms with E-state index in [9.17, 15) is 27.6 Å². The molecule has 2 heterocycles. The summed E-state index contributed by atoms with van der Waals surface area (Å²) < 4.78 is 40.5. The van der Waals surface area contributed by atoms with E-state index in [-0.39, 0.29) is 31.8 Å². The van der Waals surface area contributed by atoms with Crippen LogP contribution in [0.4, 0.5) is 13.2 Å². The van der Waals surface area contributed by atoms with E-state index >= 15 is 0 Å². The number of H-pyrrole nitrogens is 2. The van der Waals surface area contributed by atoms with Crippen LogP contribution in [0, 0.1) is 5.41 Å². The van der Waals surface area contributed by atoms with Crippen LogP contribution in [-0.4, -0.2) is 40.0 Å². The fourth-order valence-electron chi connectivity index (χ4n) is 3.81. The predicted octanol–water partition coefficient (Wildman–Crippen LogP) is 1.50. The average molecular weight is 345 g/mol. The van der Waals surface area contributed by atoms with Gasteiger partial charge in [-0.1, -0.05) is 12.8 Å². The zero-order valence-corrected chi connectivity index (χ0v) is 12.9. The van der Waals surface area contributed by atoms with E-state index in [0.29, 0.717) is 25.0 Å². The number of hydrogen-bond acceptors (Lipinski definition) is 3. The molecule has 0 spiro atoms. The van der Waals surface area contributed by atoms with E-state index in [1.54, 1.807) is 0 Å². The molecule has 1 aliphatic heterocycles. The molecule has 0 bridgehead atoms. The van der Waals surface area contributed by atoms with Gasteiger partial charge in [-0.2, -0.15) is 13.2 Å². The van der Waals surface area contributed by atoms with Gasteiger partial charge in [0.25, 0.3) is 5.56 Å². The van der Waals surface area contributed by atoms with Crippen LogP contribution in [0.3, 0.4) is 0 Å². The molecule has 1 aliphatic carbocycles. The zero-order chi connectivity index (χ0) is 17.5. The van der Waals surface area contributed by atoms with Crippen molar-refractivity contribution < 1.29 is 18.0 Å². The normalized spacial score (nSPS) is 23.6. The first-order chi connectivity index (χ1) is 11.2. The lowest BCUT2D eigenvalue weighted by molar-refractivity contribution is -0.225. The van der Waals surface area contributed by atoms with Gasteiger partial charge in [0.2, 0.25) is 5.91 Å². The average Bonchev–Trinajstić information content (AvgIpc) is 3.15. The molecule has 1 aromatic rings. The van der Waals surface area contributed by atoms with Crippen molar-refractivity contribution in [2.24, 2.45) is 5.41 Å². The molecule has 1 saturated carbocycles. The van der Waals surface area contributed by atoms with Crippen molar-refractivity contribution in [2.45, 2.75) is 44.2 Å². The van der Waals surface area contributed by atoms with Gasteiger partial charge in [0.15, 0.2) is 0 Å². The zero-order valence-electron chi connectivity index (χ0n) is 12.9. The molecule has 2 N–H and O–H groups in total. The molecule has 2 fully saturated rings. The number of rotatable bonds is 2. The Hall–Kier alpha value is -2.06. The Bertz CT molecular complexity index is 718. The highest BCUT2D eigenvalue weighted by molar-refractivity contribution is 5.84. The number of carbonyl (C=O) groups excluding carboxylic acids is 1. The molecule has 0 radical (unpaired) electrons. The summed E-state index contributed by atoms with van der Waals surface area (Å²) in [6.07, 6.45) is -3.69. The van der Waals surface area contributed by atoms with E-state index in [1.165, 1.54) is 11.0 Å². The summed E-state index contributed by atoms with van der Waals surface area (Å²) in [5.41, 5.74) is -3.15. The largest absolute Gasteiger partial charge is 0.403 e. The van der Waals surface area contributed by atoms with Crippen molar-refractivity contribution in [3.8, 4) is 0 Å². The smallest absolute Gasteiger partial charge is 0.341 e. The highest BCUT2D eigenvalue weighted by Crippen LogP contribution is 2.52. The first-order valence-electron chi connectivity index (χ1n) is 7.93. The van der Waals surface area contributed by atoms with Crippen LogP contribution in [0.1, 0.15) is 43.7 Å². The van der Waals surface area contributed by atoms with E-state index in [4.69, 9.17) is 0 Å². The number of hydrogen-bond donors (Lipinski definition) is 2. The first kappa shape index (κ1) is 16.8. The summed E-state index contributed by atoms with van der Waals surface area (Å²) in [5.74, 6) is -1.21. The van der Waals surface area contributed by atoms with Crippen LogP contribution >= 0.6 is 0 Å². The Morgan fingerprint density at radius 1 is 1.21 bits per heavy atom.